The Morgan fingerprint density at radius 2 is 1.96 bits per heavy atom. The lowest BCUT2D eigenvalue weighted by molar-refractivity contribution is -0.137. The Hall–Kier alpha value is -3.34. The van der Waals surface area contributed by atoms with E-state index in [0.717, 1.165) is 22.6 Å². The molecule has 2 aromatic carbocycles. The van der Waals surface area contributed by atoms with Crippen LogP contribution in [0.4, 0.5) is 0 Å². The molecule has 0 saturated heterocycles. The second-order valence-electron chi connectivity index (χ2n) is 5.83. The van der Waals surface area contributed by atoms with E-state index in [4.69, 9.17) is 13.9 Å². The molecule has 3 aromatic rings. The van der Waals surface area contributed by atoms with Crippen molar-refractivity contribution in [3.63, 3.8) is 0 Å². The Morgan fingerprint density at radius 3 is 2.74 bits per heavy atom. The molecule has 0 fully saturated rings. The smallest absolute Gasteiger partial charge is 0.330 e. The van der Waals surface area contributed by atoms with E-state index < -0.39 is 0 Å². The summed E-state index contributed by atoms with van der Waals surface area (Å²) in [6.07, 6.45) is 3.09. The van der Waals surface area contributed by atoms with Gasteiger partial charge in [0.1, 0.15) is 23.8 Å². The molecule has 0 aliphatic heterocycles. The predicted molar refractivity (Wildman–Crippen MR) is 103 cm³/mol. The van der Waals surface area contributed by atoms with Gasteiger partial charge in [-0.25, -0.2) is 9.78 Å². The van der Waals surface area contributed by atoms with Crippen LogP contribution < -0.4 is 4.74 Å². The molecule has 1 aromatic heterocycles. The van der Waals surface area contributed by atoms with E-state index >= 15 is 0 Å². The molecule has 0 N–H and O–H groups in total. The maximum Gasteiger partial charge on any atom is 0.330 e. The maximum absolute atomic E-state index is 11.4. The lowest BCUT2D eigenvalue weighted by Crippen LogP contribution is -1.99. The molecule has 0 radical (unpaired) electrons. The van der Waals surface area contributed by atoms with Crippen molar-refractivity contribution < 1.29 is 18.7 Å². The number of esters is 1. The first kappa shape index (κ1) is 18.5. The van der Waals surface area contributed by atoms with Crippen molar-refractivity contribution in [3.05, 3.63) is 77.7 Å². The molecule has 27 heavy (non-hydrogen) atoms. The molecular weight excluding hydrogens is 342 g/mol. The number of ether oxygens (including phenoxy) is 2. The van der Waals surface area contributed by atoms with Crippen LogP contribution >= 0.6 is 0 Å². The van der Waals surface area contributed by atoms with E-state index in [1.165, 1.54) is 6.08 Å². The molecule has 0 aliphatic carbocycles. The van der Waals surface area contributed by atoms with Gasteiger partial charge in [0.25, 0.3) is 0 Å². The third kappa shape index (κ3) is 5.07. The highest BCUT2D eigenvalue weighted by molar-refractivity contribution is 5.87. The summed E-state index contributed by atoms with van der Waals surface area (Å²) in [4.78, 5) is 15.9. The zero-order valence-electron chi connectivity index (χ0n) is 15.3. The molecule has 0 amide bonds. The van der Waals surface area contributed by atoms with Gasteiger partial charge >= 0.3 is 5.97 Å². The minimum absolute atomic E-state index is 0.299. The monoisotopic (exact) mass is 363 g/mol. The molecule has 0 saturated carbocycles. The maximum atomic E-state index is 11.4. The van der Waals surface area contributed by atoms with Gasteiger partial charge in [-0.05, 0) is 49.8 Å². The number of oxazole rings is 1. The number of carbonyl (C=O) groups excluding carboxylic acids is 1. The summed E-state index contributed by atoms with van der Waals surface area (Å²) in [7, 11) is 0. The van der Waals surface area contributed by atoms with Crippen molar-refractivity contribution in [2.24, 2.45) is 0 Å². The molecule has 5 heteroatoms. The van der Waals surface area contributed by atoms with Crippen molar-refractivity contribution in [1.82, 2.24) is 4.98 Å². The average Bonchev–Trinajstić information content (AvgIpc) is 3.07. The Labute approximate surface area is 158 Å². The molecule has 138 valence electrons. The van der Waals surface area contributed by atoms with Crippen molar-refractivity contribution in [2.75, 3.05) is 6.61 Å². The summed E-state index contributed by atoms with van der Waals surface area (Å²) in [6, 6.07) is 17.2. The van der Waals surface area contributed by atoms with Crippen LogP contribution in [0.15, 0.2) is 65.1 Å². The quantitative estimate of drug-likeness (QED) is 0.445. The first-order chi connectivity index (χ1) is 13.2. The highest BCUT2D eigenvalue weighted by atomic mass is 16.5. The van der Waals surface area contributed by atoms with Crippen molar-refractivity contribution in [2.45, 2.75) is 20.5 Å². The van der Waals surface area contributed by atoms with Crippen molar-refractivity contribution >= 4 is 12.0 Å². The molecular formula is C22H21NO4. The minimum Gasteiger partial charge on any atom is -0.487 e. The summed E-state index contributed by atoms with van der Waals surface area (Å²) in [5.41, 5.74) is 2.53. The highest BCUT2D eigenvalue weighted by Crippen LogP contribution is 2.23. The van der Waals surface area contributed by atoms with Gasteiger partial charge in [0.05, 0.1) is 6.61 Å². The number of aryl methyl sites for hydroxylation is 1. The van der Waals surface area contributed by atoms with Crippen LogP contribution in [0.5, 0.6) is 5.75 Å². The standard InChI is InChI=1S/C22H21NO4/c1-3-25-21(24)13-12-17-8-7-11-19(14-17)26-15-20-16(2)27-22(23-20)18-9-5-4-6-10-18/h4-14H,3,15H2,1-2H3. The van der Waals surface area contributed by atoms with Gasteiger partial charge in [-0.15, -0.1) is 0 Å². The molecule has 0 spiro atoms. The lowest BCUT2D eigenvalue weighted by atomic mass is 10.2. The fraction of sp³-hybridized carbons (Fsp3) is 0.182. The summed E-state index contributed by atoms with van der Waals surface area (Å²) >= 11 is 0. The zero-order valence-corrected chi connectivity index (χ0v) is 15.3. The minimum atomic E-state index is -0.365. The van der Waals surface area contributed by atoms with Gasteiger partial charge in [-0.1, -0.05) is 30.3 Å². The van der Waals surface area contributed by atoms with Crippen LogP contribution in [0.2, 0.25) is 0 Å². The third-order valence-corrected chi connectivity index (χ3v) is 3.85. The van der Waals surface area contributed by atoms with Crippen LogP contribution in [-0.4, -0.2) is 17.6 Å². The van der Waals surface area contributed by atoms with Gasteiger partial charge in [-0.3, -0.25) is 0 Å². The first-order valence-electron chi connectivity index (χ1n) is 8.75. The van der Waals surface area contributed by atoms with Crippen LogP contribution in [0.25, 0.3) is 17.5 Å². The van der Waals surface area contributed by atoms with Crippen LogP contribution in [0, 0.1) is 6.92 Å². The van der Waals surface area contributed by atoms with Crippen molar-refractivity contribution in [1.29, 1.82) is 0 Å². The van der Waals surface area contributed by atoms with E-state index in [-0.39, 0.29) is 5.97 Å². The molecule has 0 atom stereocenters. The van der Waals surface area contributed by atoms with Gasteiger partial charge in [0, 0.05) is 11.6 Å². The predicted octanol–water partition coefficient (Wildman–Crippen LogP) is 4.81. The second-order valence-corrected chi connectivity index (χ2v) is 5.83. The molecule has 0 unspecified atom stereocenters. The molecule has 0 aliphatic rings. The lowest BCUT2D eigenvalue weighted by Gasteiger charge is -2.05. The van der Waals surface area contributed by atoms with Gasteiger partial charge < -0.3 is 13.9 Å². The highest BCUT2D eigenvalue weighted by Gasteiger charge is 2.11. The largest absolute Gasteiger partial charge is 0.487 e. The van der Waals surface area contributed by atoms with E-state index in [0.29, 0.717) is 24.9 Å². The van der Waals surface area contributed by atoms with Gasteiger partial charge in [0.15, 0.2) is 0 Å². The SMILES string of the molecule is CCOC(=O)C=Cc1cccc(OCc2nc(-c3ccccc3)oc2C)c1. The summed E-state index contributed by atoms with van der Waals surface area (Å²) in [6.45, 7) is 4.30. The number of hydrogen-bond acceptors (Lipinski definition) is 5. The normalized spacial score (nSPS) is 10.9. The zero-order chi connectivity index (χ0) is 19.1. The molecule has 0 bridgehead atoms. The van der Waals surface area contributed by atoms with E-state index in [1.54, 1.807) is 13.0 Å². The fourth-order valence-corrected chi connectivity index (χ4v) is 2.48. The van der Waals surface area contributed by atoms with Gasteiger partial charge in [-0.2, -0.15) is 0 Å². The fourth-order valence-electron chi connectivity index (χ4n) is 2.48. The van der Waals surface area contributed by atoms with E-state index in [2.05, 4.69) is 4.98 Å². The Morgan fingerprint density at radius 1 is 1.15 bits per heavy atom. The average molecular weight is 363 g/mol. The summed E-state index contributed by atoms with van der Waals surface area (Å²) < 4.78 is 16.5. The number of carbonyl (C=O) groups is 1. The first-order valence-corrected chi connectivity index (χ1v) is 8.75. The molecule has 5 nitrogen and oxygen atoms in total. The van der Waals surface area contributed by atoms with E-state index in [9.17, 15) is 4.79 Å². The Kier molecular flexibility index (Phi) is 6.05. The summed E-state index contributed by atoms with van der Waals surface area (Å²) in [5.74, 6) is 1.63. The summed E-state index contributed by atoms with van der Waals surface area (Å²) in [5, 5.41) is 0. The van der Waals surface area contributed by atoms with Crippen LogP contribution in [0.1, 0.15) is 23.9 Å². The number of nitrogens with zero attached hydrogens (tertiary/aromatic N) is 1. The topological polar surface area (TPSA) is 61.6 Å². The van der Waals surface area contributed by atoms with Crippen LogP contribution in [-0.2, 0) is 16.1 Å². The number of benzene rings is 2. The second kappa shape index (κ2) is 8.85. The van der Waals surface area contributed by atoms with E-state index in [1.807, 2.05) is 61.5 Å². The number of rotatable bonds is 7. The molecule has 1 heterocycles. The molecule has 3 rings (SSSR count). The third-order valence-electron chi connectivity index (χ3n) is 3.85. The number of aromatic nitrogens is 1. The Bertz CT molecular complexity index is 928. The van der Waals surface area contributed by atoms with Crippen LogP contribution in [0.3, 0.4) is 0 Å². The van der Waals surface area contributed by atoms with Gasteiger partial charge in [0.2, 0.25) is 5.89 Å². The number of hydrogen-bond donors (Lipinski definition) is 0. The van der Waals surface area contributed by atoms with Crippen molar-refractivity contribution in [3.8, 4) is 17.2 Å². The Balaban J connectivity index is 1.66.